The average Bonchev–Trinajstić information content (AvgIpc) is 2.32. The Morgan fingerprint density at radius 1 is 1.24 bits per heavy atom. The second kappa shape index (κ2) is 5.13. The third-order valence-corrected chi connectivity index (χ3v) is 2.82. The van der Waals surface area contributed by atoms with E-state index in [2.05, 4.69) is 32.9 Å². The quantitative estimate of drug-likeness (QED) is 0.827. The first-order chi connectivity index (χ1) is 8.16. The Morgan fingerprint density at radius 2 is 1.94 bits per heavy atom. The summed E-state index contributed by atoms with van der Waals surface area (Å²) in [6.07, 6.45) is 1.46. The second-order valence-electron chi connectivity index (χ2n) is 3.33. The maximum atomic E-state index is 11.8. The molecule has 4 nitrogen and oxygen atoms in total. The van der Waals surface area contributed by atoms with E-state index in [4.69, 9.17) is 0 Å². The topological polar surface area (TPSA) is 62.2 Å². The minimum Gasteiger partial charge on any atom is -0.505 e. The lowest BCUT2D eigenvalue weighted by Crippen LogP contribution is -2.13. The predicted octanol–water partition coefficient (Wildman–Crippen LogP) is 2.64. The van der Waals surface area contributed by atoms with Crippen LogP contribution in [0.4, 0.5) is 5.69 Å². The van der Waals surface area contributed by atoms with Crippen molar-refractivity contribution in [1.82, 2.24) is 4.98 Å². The van der Waals surface area contributed by atoms with Crippen molar-refractivity contribution in [2.45, 2.75) is 0 Å². The number of carbonyl (C=O) groups is 1. The van der Waals surface area contributed by atoms with Gasteiger partial charge in [0.15, 0.2) is 5.69 Å². The fourth-order valence-corrected chi connectivity index (χ4v) is 1.65. The van der Waals surface area contributed by atoms with Crippen LogP contribution in [-0.2, 0) is 0 Å². The molecule has 0 unspecified atom stereocenters. The average molecular weight is 340 g/mol. The van der Waals surface area contributed by atoms with Crippen molar-refractivity contribution in [2.75, 3.05) is 5.32 Å². The van der Waals surface area contributed by atoms with Crippen LogP contribution in [0.15, 0.2) is 42.6 Å². The van der Waals surface area contributed by atoms with Gasteiger partial charge >= 0.3 is 0 Å². The largest absolute Gasteiger partial charge is 0.505 e. The Kier molecular flexibility index (Phi) is 3.58. The SMILES string of the molecule is O=C(Nc1ccc(I)cc1)c1ncccc1O. The summed E-state index contributed by atoms with van der Waals surface area (Å²) in [5.74, 6) is -0.556. The number of amides is 1. The van der Waals surface area contributed by atoms with E-state index in [0.29, 0.717) is 5.69 Å². The summed E-state index contributed by atoms with van der Waals surface area (Å²) in [6.45, 7) is 0. The highest BCUT2D eigenvalue weighted by Crippen LogP contribution is 2.16. The van der Waals surface area contributed by atoms with Crippen molar-refractivity contribution in [2.24, 2.45) is 0 Å². The summed E-state index contributed by atoms with van der Waals surface area (Å²) in [4.78, 5) is 15.6. The van der Waals surface area contributed by atoms with Crippen LogP contribution in [-0.4, -0.2) is 16.0 Å². The molecule has 5 heteroatoms. The molecule has 0 aliphatic rings. The summed E-state index contributed by atoms with van der Waals surface area (Å²) in [6, 6.07) is 10.3. The minimum atomic E-state index is -0.427. The van der Waals surface area contributed by atoms with E-state index in [1.54, 1.807) is 18.2 Å². The predicted molar refractivity (Wildman–Crippen MR) is 73.0 cm³/mol. The number of aromatic nitrogens is 1. The first-order valence-corrected chi connectivity index (χ1v) is 5.95. The van der Waals surface area contributed by atoms with Crippen LogP contribution in [0.2, 0.25) is 0 Å². The fourth-order valence-electron chi connectivity index (χ4n) is 1.30. The molecule has 2 rings (SSSR count). The van der Waals surface area contributed by atoms with Gasteiger partial charge in [0, 0.05) is 15.5 Å². The number of hydrogen-bond acceptors (Lipinski definition) is 3. The lowest BCUT2D eigenvalue weighted by Gasteiger charge is -2.05. The zero-order valence-corrected chi connectivity index (χ0v) is 10.9. The van der Waals surface area contributed by atoms with Gasteiger partial charge in [-0.15, -0.1) is 0 Å². The number of nitrogens with zero attached hydrogens (tertiary/aromatic N) is 1. The molecule has 1 amide bonds. The third kappa shape index (κ3) is 2.94. The zero-order valence-electron chi connectivity index (χ0n) is 8.72. The highest BCUT2D eigenvalue weighted by atomic mass is 127. The van der Waals surface area contributed by atoms with Gasteiger partial charge in [-0.1, -0.05) is 0 Å². The van der Waals surface area contributed by atoms with Crippen molar-refractivity contribution < 1.29 is 9.90 Å². The first-order valence-electron chi connectivity index (χ1n) is 4.88. The van der Waals surface area contributed by atoms with Gasteiger partial charge in [0.05, 0.1) is 0 Å². The normalized spacial score (nSPS) is 9.94. The number of anilines is 1. The number of hydrogen-bond donors (Lipinski definition) is 2. The molecule has 0 radical (unpaired) electrons. The van der Waals surface area contributed by atoms with Crippen LogP contribution in [0.3, 0.4) is 0 Å². The maximum absolute atomic E-state index is 11.8. The van der Waals surface area contributed by atoms with E-state index in [0.717, 1.165) is 3.57 Å². The molecule has 1 aromatic carbocycles. The monoisotopic (exact) mass is 340 g/mol. The molecule has 1 heterocycles. The third-order valence-electron chi connectivity index (χ3n) is 2.10. The molecular weight excluding hydrogens is 331 g/mol. The van der Waals surface area contributed by atoms with Gasteiger partial charge in [-0.3, -0.25) is 4.79 Å². The van der Waals surface area contributed by atoms with Crippen LogP contribution in [0.25, 0.3) is 0 Å². The number of rotatable bonds is 2. The Labute approximate surface area is 112 Å². The van der Waals surface area contributed by atoms with E-state index >= 15 is 0 Å². The number of aromatic hydroxyl groups is 1. The van der Waals surface area contributed by atoms with Gasteiger partial charge in [-0.2, -0.15) is 0 Å². The van der Waals surface area contributed by atoms with E-state index < -0.39 is 5.91 Å². The Balaban J connectivity index is 2.17. The lowest BCUT2D eigenvalue weighted by atomic mass is 10.3. The smallest absolute Gasteiger partial charge is 0.278 e. The van der Waals surface area contributed by atoms with Crippen molar-refractivity contribution >= 4 is 34.2 Å². The summed E-state index contributed by atoms with van der Waals surface area (Å²) < 4.78 is 1.08. The zero-order chi connectivity index (χ0) is 12.3. The van der Waals surface area contributed by atoms with Crippen molar-refractivity contribution in [3.8, 4) is 5.75 Å². The van der Waals surface area contributed by atoms with Crippen molar-refractivity contribution in [3.05, 3.63) is 51.9 Å². The number of halogens is 1. The summed E-state index contributed by atoms with van der Waals surface area (Å²) in [7, 11) is 0. The number of nitrogens with one attached hydrogen (secondary N) is 1. The van der Waals surface area contributed by atoms with Crippen LogP contribution in [0.5, 0.6) is 5.75 Å². The van der Waals surface area contributed by atoms with Crippen LogP contribution >= 0.6 is 22.6 Å². The molecule has 0 aliphatic carbocycles. The maximum Gasteiger partial charge on any atom is 0.278 e. The van der Waals surface area contributed by atoms with Gasteiger partial charge in [0.1, 0.15) is 5.75 Å². The Morgan fingerprint density at radius 3 is 2.59 bits per heavy atom. The summed E-state index contributed by atoms with van der Waals surface area (Å²) in [5, 5.41) is 12.1. The van der Waals surface area contributed by atoms with Gasteiger partial charge in [0.25, 0.3) is 5.91 Å². The molecule has 2 aromatic rings. The molecule has 2 N–H and O–H groups in total. The van der Waals surface area contributed by atoms with E-state index in [9.17, 15) is 9.90 Å². The number of benzene rings is 1. The van der Waals surface area contributed by atoms with Crippen molar-refractivity contribution in [3.63, 3.8) is 0 Å². The van der Waals surface area contributed by atoms with Gasteiger partial charge < -0.3 is 10.4 Å². The van der Waals surface area contributed by atoms with Crippen LogP contribution < -0.4 is 5.32 Å². The molecule has 0 atom stereocenters. The summed E-state index contributed by atoms with van der Waals surface area (Å²) >= 11 is 2.18. The van der Waals surface area contributed by atoms with Crippen LogP contribution in [0.1, 0.15) is 10.5 Å². The van der Waals surface area contributed by atoms with E-state index in [1.807, 2.05) is 12.1 Å². The van der Waals surface area contributed by atoms with Gasteiger partial charge in [0.2, 0.25) is 0 Å². The van der Waals surface area contributed by atoms with E-state index in [1.165, 1.54) is 12.3 Å². The molecular formula is C12H9IN2O2. The van der Waals surface area contributed by atoms with Gasteiger partial charge in [-0.05, 0) is 59.0 Å². The first kappa shape index (κ1) is 11.8. The Bertz CT molecular complexity index is 540. The second-order valence-corrected chi connectivity index (χ2v) is 4.58. The molecule has 0 spiro atoms. The minimum absolute atomic E-state index is 0.0195. The highest BCUT2D eigenvalue weighted by molar-refractivity contribution is 14.1. The molecule has 1 aromatic heterocycles. The molecule has 0 saturated heterocycles. The highest BCUT2D eigenvalue weighted by Gasteiger charge is 2.11. The molecule has 0 bridgehead atoms. The standard InChI is InChI=1S/C12H9IN2O2/c13-8-3-5-9(6-4-8)15-12(17)11-10(16)2-1-7-14-11/h1-7,16H,(H,15,17). The Hall–Kier alpha value is -1.63. The molecule has 17 heavy (non-hydrogen) atoms. The van der Waals surface area contributed by atoms with E-state index in [-0.39, 0.29) is 11.4 Å². The fraction of sp³-hybridized carbons (Fsp3) is 0. The molecule has 0 fully saturated rings. The van der Waals surface area contributed by atoms with Crippen molar-refractivity contribution in [1.29, 1.82) is 0 Å². The van der Waals surface area contributed by atoms with Crippen LogP contribution in [0, 0.1) is 3.57 Å². The molecule has 0 saturated carbocycles. The molecule has 0 aliphatic heterocycles. The van der Waals surface area contributed by atoms with Gasteiger partial charge in [-0.25, -0.2) is 4.98 Å². The summed E-state index contributed by atoms with van der Waals surface area (Å²) in [5.41, 5.74) is 0.687. The number of carbonyl (C=O) groups excluding carboxylic acids is 1. The molecule has 86 valence electrons. The lowest BCUT2D eigenvalue weighted by molar-refractivity contribution is 0.101. The number of pyridine rings is 1.